The Balaban J connectivity index is 1.22. The van der Waals surface area contributed by atoms with E-state index in [9.17, 15) is 9.59 Å². The summed E-state index contributed by atoms with van der Waals surface area (Å²) in [6.07, 6.45) is 8.21. The highest BCUT2D eigenvalue weighted by Gasteiger charge is 2.41. The van der Waals surface area contributed by atoms with Crippen LogP contribution in [0.4, 0.5) is 0 Å². The number of carbonyl (C=O) groups excluding carboxylic acids is 2. The lowest BCUT2D eigenvalue weighted by atomic mass is 9.80. The summed E-state index contributed by atoms with van der Waals surface area (Å²) in [5.74, 6) is 1.99. The summed E-state index contributed by atoms with van der Waals surface area (Å²) in [6, 6.07) is 5.68. The summed E-state index contributed by atoms with van der Waals surface area (Å²) in [5, 5.41) is 11.5. The molecule has 0 radical (unpaired) electrons. The highest BCUT2D eigenvalue weighted by molar-refractivity contribution is 5.90. The Morgan fingerprint density at radius 1 is 1.13 bits per heavy atom. The van der Waals surface area contributed by atoms with Gasteiger partial charge in [0, 0.05) is 44.5 Å². The summed E-state index contributed by atoms with van der Waals surface area (Å²) in [6.45, 7) is 3.04. The van der Waals surface area contributed by atoms with Gasteiger partial charge in [-0.25, -0.2) is 0 Å². The van der Waals surface area contributed by atoms with Crippen LogP contribution in [0.25, 0.3) is 0 Å². The van der Waals surface area contributed by atoms with Crippen molar-refractivity contribution in [2.24, 2.45) is 11.3 Å². The molecule has 2 fully saturated rings. The number of pyridine rings is 1. The molecular weight excluding hydrogens is 380 g/mol. The van der Waals surface area contributed by atoms with Gasteiger partial charge in [0.05, 0.1) is 6.42 Å². The van der Waals surface area contributed by atoms with Crippen molar-refractivity contribution >= 4 is 11.8 Å². The number of carbonyl (C=O) groups is 2. The summed E-state index contributed by atoms with van der Waals surface area (Å²) in [7, 11) is 0. The number of likely N-dealkylation sites (tertiary alicyclic amines) is 1. The number of rotatable bonds is 5. The molecule has 2 aromatic rings. The molecule has 1 saturated heterocycles. The minimum absolute atomic E-state index is 0.0994. The van der Waals surface area contributed by atoms with Gasteiger partial charge in [0.15, 0.2) is 0 Å². The first-order valence-electron chi connectivity index (χ1n) is 11.0. The zero-order valence-electron chi connectivity index (χ0n) is 17.2. The molecule has 3 aliphatic rings. The SMILES string of the molecule is O=C(NCC1CC1)c1nnc2n1CCC1(CC2)CCN(C(=O)Cc2ccccn2)C1. The van der Waals surface area contributed by atoms with E-state index in [2.05, 4.69) is 20.5 Å². The van der Waals surface area contributed by atoms with Gasteiger partial charge < -0.3 is 14.8 Å². The van der Waals surface area contributed by atoms with Crippen molar-refractivity contribution in [1.29, 1.82) is 0 Å². The van der Waals surface area contributed by atoms with E-state index in [4.69, 9.17) is 0 Å². The van der Waals surface area contributed by atoms with Crippen molar-refractivity contribution in [2.45, 2.75) is 51.5 Å². The molecule has 1 aliphatic carbocycles. The first-order chi connectivity index (χ1) is 14.6. The lowest BCUT2D eigenvalue weighted by molar-refractivity contribution is -0.129. The molecule has 2 amide bonds. The minimum atomic E-state index is -0.116. The van der Waals surface area contributed by atoms with Gasteiger partial charge in [0.2, 0.25) is 11.7 Å². The van der Waals surface area contributed by atoms with Crippen LogP contribution in [0.5, 0.6) is 0 Å². The molecule has 1 atom stereocenters. The van der Waals surface area contributed by atoms with Gasteiger partial charge in [0.25, 0.3) is 5.91 Å². The monoisotopic (exact) mass is 408 g/mol. The number of aromatic nitrogens is 4. The standard InChI is InChI=1S/C22H28N6O2/c29-19(13-17-3-1-2-10-23-17)27-11-8-22(15-27)7-6-18-25-26-20(28(18)12-9-22)21(30)24-14-16-4-5-16/h1-3,10,16H,4-9,11-15H2,(H,24,30). The van der Waals surface area contributed by atoms with E-state index in [0.717, 1.165) is 63.4 Å². The van der Waals surface area contributed by atoms with Gasteiger partial charge in [-0.1, -0.05) is 6.07 Å². The summed E-state index contributed by atoms with van der Waals surface area (Å²) >= 11 is 0. The fraction of sp³-hybridized carbons (Fsp3) is 0.591. The van der Waals surface area contributed by atoms with Crippen LogP contribution < -0.4 is 5.32 Å². The van der Waals surface area contributed by atoms with Crippen LogP contribution in [-0.4, -0.2) is 56.1 Å². The predicted molar refractivity (Wildman–Crippen MR) is 110 cm³/mol. The average Bonchev–Trinajstić information content (AvgIpc) is 3.40. The molecule has 158 valence electrons. The van der Waals surface area contributed by atoms with E-state index in [-0.39, 0.29) is 17.2 Å². The van der Waals surface area contributed by atoms with Gasteiger partial charge in [0.1, 0.15) is 5.82 Å². The van der Waals surface area contributed by atoms with Crippen LogP contribution in [0.15, 0.2) is 24.4 Å². The molecule has 8 nitrogen and oxygen atoms in total. The van der Waals surface area contributed by atoms with Crippen molar-refractivity contribution in [3.8, 4) is 0 Å². The molecule has 1 saturated carbocycles. The highest BCUT2D eigenvalue weighted by Crippen LogP contribution is 2.41. The van der Waals surface area contributed by atoms with Crippen molar-refractivity contribution < 1.29 is 9.59 Å². The number of hydrogen-bond acceptors (Lipinski definition) is 5. The number of nitrogens with zero attached hydrogens (tertiary/aromatic N) is 5. The second kappa shape index (κ2) is 7.81. The lowest BCUT2D eigenvalue weighted by Crippen LogP contribution is -2.34. The van der Waals surface area contributed by atoms with Gasteiger partial charge in [-0.05, 0) is 55.6 Å². The molecule has 2 aromatic heterocycles. The predicted octanol–water partition coefficient (Wildman–Crippen LogP) is 1.61. The third-order valence-electron chi connectivity index (χ3n) is 6.87. The van der Waals surface area contributed by atoms with Crippen LogP contribution in [0.3, 0.4) is 0 Å². The van der Waals surface area contributed by atoms with E-state index in [0.29, 0.717) is 18.2 Å². The molecule has 2 aliphatic heterocycles. The average molecular weight is 409 g/mol. The van der Waals surface area contributed by atoms with Gasteiger partial charge in [-0.2, -0.15) is 0 Å². The van der Waals surface area contributed by atoms with Crippen LogP contribution >= 0.6 is 0 Å². The number of nitrogens with one attached hydrogen (secondary N) is 1. The van der Waals surface area contributed by atoms with Crippen molar-refractivity contribution in [3.05, 3.63) is 41.7 Å². The molecule has 0 bridgehead atoms. The van der Waals surface area contributed by atoms with E-state index < -0.39 is 0 Å². The third kappa shape index (κ3) is 3.95. The number of fused-ring (bicyclic) bond motifs is 1. The first kappa shape index (κ1) is 19.2. The lowest BCUT2D eigenvalue weighted by Gasteiger charge is -2.27. The summed E-state index contributed by atoms with van der Waals surface area (Å²) < 4.78 is 2.00. The van der Waals surface area contributed by atoms with E-state index >= 15 is 0 Å². The normalized spacial score (nSPS) is 23.3. The van der Waals surface area contributed by atoms with Crippen LogP contribution in [0.1, 0.15) is 54.2 Å². The van der Waals surface area contributed by atoms with Gasteiger partial charge >= 0.3 is 0 Å². The molecule has 1 spiro atoms. The fourth-order valence-corrected chi connectivity index (χ4v) is 4.74. The fourth-order valence-electron chi connectivity index (χ4n) is 4.74. The van der Waals surface area contributed by atoms with E-state index in [1.165, 1.54) is 12.8 Å². The number of hydrogen-bond donors (Lipinski definition) is 1. The van der Waals surface area contributed by atoms with Crippen LogP contribution in [0.2, 0.25) is 0 Å². The summed E-state index contributed by atoms with van der Waals surface area (Å²) in [5.41, 5.74) is 0.916. The molecule has 1 unspecified atom stereocenters. The Labute approximate surface area is 176 Å². The molecular formula is C22H28N6O2. The maximum atomic E-state index is 12.8. The van der Waals surface area contributed by atoms with Crippen molar-refractivity contribution in [3.63, 3.8) is 0 Å². The second-order valence-electron chi connectivity index (χ2n) is 9.06. The quantitative estimate of drug-likeness (QED) is 0.811. The molecule has 4 heterocycles. The molecule has 5 rings (SSSR count). The Morgan fingerprint density at radius 3 is 2.80 bits per heavy atom. The van der Waals surface area contributed by atoms with E-state index in [1.54, 1.807) is 6.20 Å². The molecule has 1 N–H and O–H groups in total. The Hall–Kier alpha value is -2.77. The Kier molecular flexibility index (Phi) is 5.00. The Morgan fingerprint density at radius 2 is 2.00 bits per heavy atom. The molecule has 8 heteroatoms. The van der Waals surface area contributed by atoms with E-state index in [1.807, 2.05) is 27.7 Å². The topological polar surface area (TPSA) is 93.0 Å². The van der Waals surface area contributed by atoms with Crippen LogP contribution in [0, 0.1) is 11.3 Å². The first-order valence-corrected chi connectivity index (χ1v) is 11.0. The highest BCUT2D eigenvalue weighted by atomic mass is 16.2. The van der Waals surface area contributed by atoms with Crippen LogP contribution in [-0.2, 0) is 24.2 Å². The molecule has 30 heavy (non-hydrogen) atoms. The molecule has 0 aromatic carbocycles. The second-order valence-corrected chi connectivity index (χ2v) is 9.06. The summed E-state index contributed by atoms with van der Waals surface area (Å²) in [4.78, 5) is 31.6. The van der Waals surface area contributed by atoms with Gasteiger partial charge in [-0.3, -0.25) is 14.6 Å². The maximum absolute atomic E-state index is 12.8. The van der Waals surface area contributed by atoms with Gasteiger partial charge in [-0.15, -0.1) is 10.2 Å². The zero-order chi connectivity index (χ0) is 20.6. The zero-order valence-corrected chi connectivity index (χ0v) is 17.2. The largest absolute Gasteiger partial charge is 0.349 e. The van der Waals surface area contributed by atoms with Crippen molar-refractivity contribution in [1.82, 2.24) is 30.0 Å². The third-order valence-corrected chi connectivity index (χ3v) is 6.87. The minimum Gasteiger partial charge on any atom is -0.349 e. The smallest absolute Gasteiger partial charge is 0.289 e. The van der Waals surface area contributed by atoms with Crippen molar-refractivity contribution in [2.75, 3.05) is 19.6 Å². The number of aryl methyl sites for hydroxylation is 1. The Bertz CT molecular complexity index is 938. The number of amides is 2. The maximum Gasteiger partial charge on any atom is 0.289 e.